The van der Waals surface area contributed by atoms with Crippen LogP contribution in [-0.4, -0.2) is 15.7 Å². The summed E-state index contributed by atoms with van der Waals surface area (Å²) < 4.78 is 2.04. The second kappa shape index (κ2) is 5.20. The molecule has 0 atom stereocenters. The minimum atomic E-state index is 0.776. The summed E-state index contributed by atoms with van der Waals surface area (Å²) in [6, 6.07) is 2.03. The second-order valence-electron chi connectivity index (χ2n) is 2.95. The molecule has 0 aliphatic heterocycles. The molecule has 1 aromatic rings. The van der Waals surface area contributed by atoms with Gasteiger partial charge in [0, 0.05) is 24.3 Å². The van der Waals surface area contributed by atoms with Gasteiger partial charge in [0.15, 0.2) is 0 Å². The second-order valence-corrected chi connectivity index (χ2v) is 3.32. The van der Waals surface area contributed by atoms with E-state index in [0.29, 0.717) is 0 Å². The fraction of sp³-hybridized carbons (Fsp3) is 0.667. The Bertz CT molecular complexity index is 220. The molecule has 0 aromatic carbocycles. The van der Waals surface area contributed by atoms with Crippen LogP contribution >= 0.6 is 11.6 Å². The van der Waals surface area contributed by atoms with E-state index in [1.807, 2.05) is 16.9 Å². The van der Waals surface area contributed by atoms with E-state index in [4.69, 9.17) is 11.6 Å². The molecule has 3 heteroatoms. The van der Waals surface area contributed by atoms with Crippen molar-refractivity contribution in [1.82, 2.24) is 9.78 Å². The van der Waals surface area contributed by atoms with Crippen LogP contribution in [0.2, 0.25) is 0 Å². The fourth-order valence-corrected chi connectivity index (χ4v) is 1.35. The molecular formula is C9H15ClN2. The van der Waals surface area contributed by atoms with Crippen LogP contribution < -0.4 is 0 Å². The Labute approximate surface area is 78.5 Å². The molecule has 2 nitrogen and oxygen atoms in total. The highest BCUT2D eigenvalue weighted by atomic mass is 35.5. The number of nitrogens with zero attached hydrogens (tertiary/aromatic N) is 2. The molecule has 0 saturated carbocycles. The molecule has 0 amide bonds. The lowest BCUT2D eigenvalue weighted by Gasteiger charge is -2.02. The zero-order valence-corrected chi connectivity index (χ0v) is 8.22. The number of hydrogen-bond donors (Lipinski definition) is 0. The van der Waals surface area contributed by atoms with E-state index in [2.05, 4.69) is 12.0 Å². The lowest BCUT2D eigenvalue weighted by atomic mass is 10.2. The lowest BCUT2D eigenvalue weighted by Crippen LogP contribution is -2.01. The molecule has 0 unspecified atom stereocenters. The summed E-state index contributed by atoms with van der Waals surface area (Å²) in [4.78, 5) is 0. The summed E-state index contributed by atoms with van der Waals surface area (Å²) >= 11 is 5.57. The van der Waals surface area contributed by atoms with Crippen LogP contribution in [0.15, 0.2) is 12.3 Å². The summed E-state index contributed by atoms with van der Waals surface area (Å²) in [6.07, 6.45) is 5.33. The predicted octanol–water partition coefficient (Wildman–Crippen LogP) is 2.60. The van der Waals surface area contributed by atoms with Crippen LogP contribution in [0.4, 0.5) is 0 Å². The number of alkyl halides is 1. The van der Waals surface area contributed by atoms with Crippen molar-refractivity contribution >= 4 is 11.6 Å². The summed E-state index contributed by atoms with van der Waals surface area (Å²) in [5, 5.41) is 4.20. The molecule has 12 heavy (non-hydrogen) atoms. The standard InChI is InChI=1S/C9H15ClN2/c1-9-5-7-11-12(9)8-4-2-3-6-10/h5,7H,2-4,6,8H2,1H3. The van der Waals surface area contributed by atoms with Gasteiger partial charge in [-0.1, -0.05) is 6.42 Å². The van der Waals surface area contributed by atoms with Crippen molar-refractivity contribution in [3.8, 4) is 0 Å². The van der Waals surface area contributed by atoms with Gasteiger partial charge < -0.3 is 0 Å². The first-order valence-corrected chi connectivity index (χ1v) is 4.92. The summed E-state index contributed by atoms with van der Waals surface area (Å²) in [5.41, 5.74) is 1.24. The summed E-state index contributed by atoms with van der Waals surface area (Å²) in [6.45, 7) is 3.10. The zero-order chi connectivity index (χ0) is 8.81. The molecule has 0 radical (unpaired) electrons. The number of unbranched alkanes of at least 4 members (excludes halogenated alkanes) is 2. The van der Waals surface area contributed by atoms with Crippen LogP contribution in [0.1, 0.15) is 25.0 Å². The van der Waals surface area contributed by atoms with Crippen molar-refractivity contribution in [2.24, 2.45) is 0 Å². The lowest BCUT2D eigenvalue weighted by molar-refractivity contribution is 0.543. The molecule has 0 aliphatic rings. The maximum Gasteiger partial charge on any atom is 0.0492 e. The van der Waals surface area contributed by atoms with Gasteiger partial charge >= 0.3 is 0 Å². The number of hydrogen-bond acceptors (Lipinski definition) is 1. The van der Waals surface area contributed by atoms with Crippen LogP contribution in [0.3, 0.4) is 0 Å². The minimum absolute atomic E-state index is 0.776. The average molecular weight is 187 g/mol. The van der Waals surface area contributed by atoms with E-state index >= 15 is 0 Å². The Morgan fingerprint density at radius 2 is 2.25 bits per heavy atom. The Morgan fingerprint density at radius 3 is 2.83 bits per heavy atom. The maximum atomic E-state index is 5.57. The molecule has 1 heterocycles. The predicted molar refractivity (Wildman–Crippen MR) is 51.5 cm³/mol. The van der Waals surface area contributed by atoms with Gasteiger partial charge in [0.1, 0.15) is 0 Å². The number of aromatic nitrogens is 2. The molecule has 0 N–H and O–H groups in total. The zero-order valence-electron chi connectivity index (χ0n) is 7.46. The van der Waals surface area contributed by atoms with Crippen molar-refractivity contribution in [3.05, 3.63) is 18.0 Å². The number of rotatable bonds is 5. The third kappa shape index (κ3) is 2.86. The Balaban J connectivity index is 2.20. The number of halogens is 1. The van der Waals surface area contributed by atoms with Gasteiger partial charge in [0.25, 0.3) is 0 Å². The Hall–Kier alpha value is -0.500. The van der Waals surface area contributed by atoms with Crippen LogP contribution in [0.25, 0.3) is 0 Å². The smallest absolute Gasteiger partial charge is 0.0492 e. The normalized spacial score (nSPS) is 10.5. The highest BCUT2D eigenvalue weighted by Crippen LogP contribution is 2.02. The topological polar surface area (TPSA) is 17.8 Å². The molecule has 0 spiro atoms. The molecular weight excluding hydrogens is 172 g/mol. The van der Waals surface area contributed by atoms with E-state index in [-0.39, 0.29) is 0 Å². The van der Waals surface area contributed by atoms with Crippen LogP contribution in [0.5, 0.6) is 0 Å². The Kier molecular flexibility index (Phi) is 4.15. The van der Waals surface area contributed by atoms with Gasteiger partial charge in [-0.05, 0) is 25.8 Å². The first kappa shape index (κ1) is 9.59. The molecule has 0 aliphatic carbocycles. The van der Waals surface area contributed by atoms with Crippen molar-refractivity contribution in [2.45, 2.75) is 32.7 Å². The fourth-order valence-electron chi connectivity index (χ4n) is 1.17. The molecule has 1 aromatic heterocycles. The SMILES string of the molecule is Cc1ccnn1CCCCCCl. The largest absolute Gasteiger partial charge is 0.270 e. The van der Waals surface area contributed by atoms with Gasteiger partial charge in [0.2, 0.25) is 0 Å². The van der Waals surface area contributed by atoms with Crippen molar-refractivity contribution in [2.75, 3.05) is 5.88 Å². The van der Waals surface area contributed by atoms with Crippen molar-refractivity contribution in [1.29, 1.82) is 0 Å². The first-order chi connectivity index (χ1) is 5.84. The van der Waals surface area contributed by atoms with E-state index in [9.17, 15) is 0 Å². The highest BCUT2D eigenvalue weighted by molar-refractivity contribution is 6.17. The third-order valence-electron chi connectivity index (χ3n) is 1.93. The van der Waals surface area contributed by atoms with Gasteiger partial charge in [-0.15, -0.1) is 11.6 Å². The van der Waals surface area contributed by atoms with Crippen molar-refractivity contribution in [3.63, 3.8) is 0 Å². The molecule has 68 valence electrons. The van der Waals surface area contributed by atoms with Crippen LogP contribution in [-0.2, 0) is 6.54 Å². The van der Waals surface area contributed by atoms with Gasteiger partial charge in [-0.3, -0.25) is 4.68 Å². The van der Waals surface area contributed by atoms with E-state index < -0.39 is 0 Å². The van der Waals surface area contributed by atoms with E-state index in [0.717, 1.165) is 18.8 Å². The highest BCUT2D eigenvalue weighted by Gasteiger charge is 1.95. The molecule has 0 bridgehead atoms. The molecule has 1 rings (SSSR count). The average Bonchev–Trinajstić information content (AvgIpc) is 2.46. The third-order valence-corrected chi connectivity index (χ3v) is 2.20. The summed E-state index contributed by atoms with van der Waals surface area (Å²) in [7, 11) is 0. The van der Waals surface area contributed by atoms with Gasteiger partial charge in [-0.2, -0.15) is 5.10 Å². The van der Waals surface area contributed by atoms with Crippen molar-refractivity contribution < 1.29 is 0 Å². The molecule has 0 fully saturated rings. The van der Waals surface area contributed by atoms with Gasteiger partial charge in [0.05, 0.1) is 0 Å². The van der Waals surface area contributed by atoms with Crippen LogP contribution in [0, 0.1) is 6.92 Å². The minimum Gasteiger partial charge on any atom is -0.270 e. The van der Waals surface area contributed by atoms with E-state index in [1.165, 1.54) is 18.5 Å². The maximum absolute atomic E-state index is 5.57. The first-order valence-electron chi connectivity index (χ1n) is 4.39. The number of aryl methyl sites for hydroxylation is 2. The Morgan fingerprint density at radius 1 is 1.42 bits per heavy atom. The monoisotopic (exact) mass is 186 g/mol. The molecule has 0 saturated heterocycles. The van der Waals surface area contributed by atoms with E-state index in [1.54, 1.807) is 0 Å². The van der Waals surface area contributed by atoms with Gasteiger partial charge in [-0.25, -0.2) is 0 Å². The quantitative estimate of drug-likeness (QED) is 0.511. The summed E-state index contributed by atoms with van der Waals surface area (Å²) in [5.74, 6) is 0.776.